The van der Waals surface area contributed by atoms with E-state index in [1.54, 1.807) is 0 Å². The van der Waals surface area contributed by atoms with Gasteiger partial charge in [0.05, 0.1) is 0 Å². The molecule has 9 heavy (non-hydrogen) atoms. The van der Waals surface area contributed by atoms with Crippen molar-refractivity contribution in [3.63, 3.8) is 0 Å². The SMILES string of the molecule is CCC(OCO)OCO. The van der Waals surface area contributed by atoms with Crippen molar-refractivity contribution < 1.29 is 19.7 Å². The topological polar surface area (TPSA) is 58.9 Å². The lowest BCUT2D eigenvalue weighted by Gasteiger charge is -2.12. The van der Waals surface area contributed by atoms with Crippen LogP contribution in [0.2, 0.25) is 0 Å². The number of aliphatic hydroxyl groups is 2. The van der Waals surface area contributed by atoms with Gasteiger partial charge in [-0.25, -0.2) is 0 Å². The van der Waals surface area contributed by atoms with Crippen LogP contribution < -0.4 is 0 Å². The summed E-state index contributed by atoms with van der Waals surface area (Å²) >= 11 is 0. The van der Waals surface area contributed by atoms with Crippen molar-refractivity contribution in [2.45, 2.75) is 19.6 Å². The van der Waals surface area contributed by atoms with E-state index in [2.05, 4.69) is 9.47 Å². The van der Waals surface area contributed by atoms with Gasteiger partial charge in [0.25, 0.3) is 0 Å². The average molecular weight is 136 g/mol. The normalized spacial score (nSPS) is 10.7. The van der Waals surface area contributed by atoms with Crippen LogP contribution in [0.3, 0.4) is 0 Å². The molecule has 4 heteroatoms. The molecule has 0 heterocycles. The lowest BCUT2D eigenvalue weighted by molar-refractivity contribution is -0.209. The van der Waals surface area contributed by atoms with Crippen LogP contribution in [-0.4, -0.2) is 30.1 Å². The Balaban J connectivity index is 3.18. The third-order valence-electron chi connectivity index (χ3n) is 0.854. The fourth-order valence-electron chi connectivity index (χ4n) is 0.450. The van der Waals surface area contributed by atoms with E-state index in [0.29, 0.717) is 6.42 Å². The predicted molar refractivity (Wildman–Crippen MR) is 30.4 cm³/mol. The minimum atomic E-state index is -0.486. The van der Waals surface area contributed by atoms with E-state index in [1.807, 2.05) is 6.92 Å². The van der Waals surface area contributed by atoms with Crippen LogP contribution >= 0.6 is 0 Å². The molecular weight excluding hydrogens is 124 g/mol. The van der Waals surface area contributed by atoms with Crippen LogP contribution in [-0.2, 0) is 9.47 Å². The summed E-state index contributed by atoms with van der Waals surface area (Å²) in [4.78, 5) is 0. The molecule has 0 aromatic rings. The molecule has 0 bridgehead atoms. The molecule has 0 atom stereocenters. The van der Waals surface area contributed by atoms with Crippen molar-refractivity contribution in [2.24, 2.45) is 0 Å². The Morgan fingerprint density at radius 2 is 1.67 bits per heavy atom. The van der Waals surface area contributed by atoms with Crippen LogP contribution in [0.25, 0.3) is 0 Å². The molecule has 0 aromatic carbocycles. The zero-order valence-electron chi connectivity index (χ0n) is 5.41. The van der Waals surface area contributed by atoms with Gasteiger partial charge >= 0.3 is 0 Å². The molecule has 0 saturated carbocycles. The zero-order chi connectivity index (χ0) is 7.11. The first-order chi connectivity index (χ1) is 4.35. The number of aliphatic hydroxyl groups excluding tert-OH is 2. The molecule has 0 spiro atoms. The molecule has 0 unspecified atom stereocenters. The van der Waals surface area contributed by atoms with Crippen molar-refractivity contribution in [3.8, 4) is 0 Å². The average Bonchev–Trinajstić information content (AvgIpc) is 1.88. The van der Waals surface area contributed by atoms with Crippen molar-refractivity contribution in [1.82, 2.24) is 0 Å². The van der Waals surface area contributed by atoms with Crippen LogP contribution in [0.4, 0.5) is 0 Å². The summed E-state index contributed by atoms with van der Waals surface area (Å²) in [7, 11) is 0. The standard InChI is InChI=1S/C5H12O4/c1-2-5(8-3-6)9-4-7/h5-7H,2-4H2,1H3. The second-order valence-electron chi connectivity index (χ2n) is 1.43. The Morgan fingerprint density at radius 1 is 1.22 bits per heavy atom. The molecule has 0 fully saturated rings. The highest BCUT2D eigenvalue weighted by molar-refractivity contribution is 4.33. The minimum absolute atomic E-state index is 0.376. The molecule has 0 aliphatic heterocycles. The first-order valence-electron chi connectivity index (χ1n) is 2.80. The van der Waals surface area contributed by atoms with Crippen LogP contribution in [0.5, 0.6) is 0 Å². The third kappa shape index (κ3) is 4.35. The lowest BCUT2D eigenvalue weighted by atomic mass is 10.5. The molecule has 0 aromatic heterocycles. The molecule has 2 N–H and O–H groups in total. The van der Waals surface area contributed by atoms with E-state index < -0.39 is 6.29 Å². The Kier molecular flexibility index (Phi) is 5.86. The number of rotatable bonds is 5. The Hall–Kier alpha value is -0.160. The van der Waals surface area contributed by atoms with Crippen LogP contribution in [0.1, 0.15) is 13.3 Å². The number of ether oxygens (including phenoxy) is 2. The molecule has 0 aliphatic carbocycles. The first kappa shape index (κ1) is 8.84. The molecule has 0 rings (SSSR count). The van der Waals surface area contributed by atoms with Crippen molar-refractivity contribution in [1.29, 1.82) is 0 Å². The fourth-order valence-corrected chi connectivity index (χ4v) is 0.450. The van der Waals surface area contributed by atoms with Crippen molar-refractivity contribution in [3.05, 3.63) is 0 Å². The van der Waals surface area contributed by atoms with E-state index in [1.165, 1.54) is 0 Å². The van der Waals surface area contributed by atoms with Crippen LogP contribution in [0, 0.1) is 0 Å². The summed E-state index contributed by atoms with van der Waals surface area (Å²) in [6.45, 7) is 1.08. The van der Waals surface area contributed by atoms with Gasteiger partial charge in [-0.15, -0.1) is 0 Å². The van der Waals surface area contributed by atoms with Crippen molar-refractivity contribution in [2.75, 3.05) is 13.6 Å². The number of hydrogen-bond acceptors (Lipinski definition) is 4. The predicted octanol–water partition coefficient (Wildman–Crippen LogP) is -0.345. The highest BCUT2D eigenvalue weighted by atomic mass is 16.7. The second-order valence-corrected chi connectivity index (χ2v) is 1.43. The van der Waals surface area contributed by atoms with E-state index >= 15 is 0 Å². The largest absolute Gasteiger partial charge is 0.371 e. The maximum Gasteiger partial charge on any atom is 0.163 e. The molecular formula is C5H12O4. The maximum absolute atomic E-state index is 8.21. The van der Waals surface area contributed by atoms with Crippen molar-refractivity contribution >= 4 is 0 Å². The summed E-state index contributed by atoms with van der Waals surface area (Å²) in [6, 6.07) is 0. The van der Waals surface area contributed by atoms with Gasteiger partial charge in [-0.05, 0) is 6.42 Å². The first-order valence-corrected chi connectivity index (χ1v) is 2.80. The van der Waals surface area contributed by atoms with Gasteiger partial charge in [-0.3, -0.25) is 0 Å². The second kappa shape index (κ2) is 5.97. The summed E-state index contributed by atoms with van der Waals surface area (Å²) in [5, 5.41) is 16.4. The van der Waals surface area contributed by atoms with Gasteiger partial charge in [0, 0.05) is 0 Å². The van der Waals surface area contributed by atoms with Gasteiger partial charge < -0.3 is 19.7 Å². The zero-order valence-corrected chi connectivity index (χ0v) is 5.41. The van der Waals surface area contributed by atoms with Gasteiger partial charge in [-0.2, -0.15) is 0 Å². The molecule has 56 valence electrons. The quantitative estimate of drug-likeness (QED) is 0.507. The van der Waals surface area contributed by atoms with Gasteiger partial charge in [0.1, 0.15) is 13.6 Å². The third-order valence-corrected chi connectivity index (χ3v) is 0.854. The van der Waals surface area contributed by atoms with Crippen LogP contribution in [0.15, 0.2) is 0 Å². The van der Waals surface area contributed by atoms with Gasteiger partial charge in [0.2, 0.25) is 0 Å². The molecule has 0 aliphatic rings. The maximum atomic E-state index is 8.21. The summed E-state index contributed by atoms with van der Waals surface area (Å²) in [6.07, 6.45) is 0.126. The highest BCUT2D eigenvalue weighted by Gasteiger charge is 2.02. The number of hydrogen-bond donors (Lipinski definition) is 2. The Labute approximate surface area is 54.0 Å². The molecule has 0 amide bonds. The summed E-state index contributed by atoms with van der Waals surface area (Å²) in [5.41, 5.74) is 0. The van der Waals surface area contributed by atoms with E-state index in [9.17, 15) is 0 Å². The Bertz CT molecular complexity index is 50.9. The summed E-state index contributed by atoms with van der Waals surface area (Å²) < 4.78 is 9.21. The van der Waals surface area contributed by atoms with E-state index in [-0.39, 0.29) is 13.6 Å². The fraction of sp³-hybridized carbons (Fsp3) is 1.00. The monoisotopic (exact) mass is 136 g/mol. The minimum Gasteiger partial charge on any atom is -0.371 e. The van der Waals surface area contributed by atoms with E-state index in [0.717, 1.165) is 0 Å². The van der Waals surface area contributed by atoms with E-state index in [4.69, 9.17) is 10.2 Å². The summed E-state index contributed by atoms with van der Waals surface area (Å²) in [5.74, 6) is 0. The van der Waals surface area contributed by atoms with Gasteiger partial charge in [-0.1, -0.05) is 6.92 Å². The van der Waals surface area contributed by atoms with Gasteiger partial charge in [0.15, 0.2) is 6.29 Å². The Morgan fingerprint density at radius 3 is 1.89 bits per heavy atom. The molecule has 4 nitrogen and oxygen atoms in total. The lowest BCUT2D eigenvalue weighted by Crippen LogP contribution is -2.17. The smallest absolute Gasteiger partial charge is 0.163 e. The highest BCUT2D eigenvalue weighted by Crippen LogP contribution is 1.97. The molecule has 0 radical (unpaired) electrons. The molecule has 0 saturated heterocycles.